The Morgan fingerprint density at radius 2 is 0.623 bits per heavy atom. The Morgan fingerprint density at radius 1 is 0.358 bits per heavy atom. The maximum atomic E-state index is 10.5. The van der Waals surface area contributed by atoms with E-state index >= 15 is 0 Å². The molecular formula is C90H117Cl2IO11Si2. The van der Waals surface area contributed by atoms with Crippen LogP contribution in [0, 0.1) is 3.57 Å². The van der Waals surface area contributed by atoms with E-state index in [1.165, 1.54) is 42.5 Å². The molecule has 8 aromatic rings. The van der Waals surface area contributed by atoms with Crippen LogP contribution in [0.4, 0.5) is 0 Å². The highest BCUT2D eigenvalue weighted by atomic mass is 127. The van der Waals surface area contributed by atoms with Gasteiger partial charge in [-0.15, -0.1) is 32.9 Å². The standard InChI is InChI=1S/C34H58O8Si2.C22H26O2.C19H20O.C9H9Cl.C6H4ClI/c1-8-37-43(38-9-2,39-10-3)26-16-20-30-18-14-22-32(28-30)34(36-25-24-35-7)33-23-15-19-31(29-33)21-17-27-44(40-11-4,41-12-5)42-13-6;1-4-8-18-10-6-12-20(16-18)22(24-15-14-23-3)21-13-7-11-19(17-21)9-5-2;1-3-7-15-9-5-11-17(13-15)19(20)18-12-6-10-16(14-18)8-4-2;1-2-4-8-5-3-6-9(10)7-8;7-5-2-1-3-6(8)4-5/h14-15,18-19,22-23,28-29,34H,8-13,16-17,20-21,24-27H2,1-7H3;4-7,10-13,16-17,22H,1-2,8-9,14-15H2,3H3;3-6,9-14,19-20H,1-2,7-8H2;2-3,5-7H,1,4H2;1-4H. The molecule has 0 unspecified atom stereocenters. The molecule has 0 amide bonds. The van der Waals surface area contributed by atoms with Crippen molar-refractivity contribution in [3.8, 4) is 0 Å². The molecule has 0 fully saturated rings. The van der Waals surface area contributed by atoms with Crippen LogP contribution in [-0.2, 0) is 90.4 Å². The fraction of sp³-hybridized carbons (Fsp3) is 0.356. The third-order valence-electron chi connectivity index (χ3n) is 16.4. The van der Waals surface area contributed by atoms with Crippen molar-refractivity contribution in [2.24, 2.45) is 0 Å². The monoisotopic (exact) mass is 1630 g/mol. The highest BCUT2D eigenvalue weighted by Gasteiger charge is 2.40. The highest BCUT2D eigenvalue weighted by molar-refractivity contribution is 14.1. The Balaban J connectivity index is 0.000000318. The molecule has 11 nitrogen and oxygen atoms in total. The van der Waals surface area contributed by atoms with Crippen LogP contribution >= 0.6 is 45.8 Å². The zero-order valence-electron chi connectivity index (χ0n) is 64.1. The van der Waals surface area contributed by atoms with Crippen molar-refractivity contribution in [3.05, 3.63) is 343 Å². The van der Waals surface area contributed by atoms with Crippen molar-refractivity contribution >= 4 is 63.4 Å². The van der Waals surface area contributed by atoms with E-state index in [9.17, 15) is 5.11 Å². The van der Waals surface area contributed by atoms with Gasteiger partial charge in [0.1, 0.15) is 18.3 Å². The Hall–Kier alpha value is -6.24. The molecular weight excluding hydrogens is 1510 g/mol. The van der Waals surface area contributed by atoms with Crippen molar-refractivity contribution in [3.63, 3.8) is 0 Å². The Morgan fingerprint density at radius 3 is 0.896 bits per heavy atom. The van der Waals surface area contributed by atoms with E-state index in [1.807, 2.05) is 169 Å². The van der Waals surface area contributed by atoms with E-state index in [0.29, 0.717) is 66.1 Å². The molecule has 8 rings (SSSR count). The summed E-state index contributed by atoms with van der Waals surface area (Å²) in [5.41, 5.74) is 15.0. The number of hydrogen-bond donors (Lipinski definition) is 1. The molecule has 1 N–H and O–H groups in total. The van der Waals surface area contributed by atoms with Gasteiger partial charge in [0.2, 0.25) is 0 Å². The molecule has 8 aromatic carbocycles. The smallest absolute Gasteiger partial charge is 0.384 e. The lowest BCUT2D eigenvalue weighted by molar-refractivity contribution is 0.0355. The fourth-order valence-electron chi connectivity index (χ4n) is 11.8. The molecule has 572 valence electrons. The Labute approximate surface area is 662 Å². The molecule has 106 heavy (non-hydrogen) atoms. The van der Waals surface area contributed by atoms with Gasteiger partial charge in [0, 0.05) is 79.6 Å². The predicted molar refractivity (Wildman–Crippen MR) is 455 cm³/mol. The van der Waals surface area contributed by atoms with Gasteiger partial charge in [0.05, 0.1) is 26.4 Å². The summed E-state index contributed by atoms with van der Waals surface area (Å²) in [5.74, 6) is 0. The zero-order chi connectivity index (χ0) is 77.1. The highest BCUT2D eigenvalue weighted by Crippen LogP contribution is 2.32. The van der Waals surface area contributed by atoms with Crippen molar-refractivity contribution in [1.29, 1.82) is 0 Å². The van der Waals surface area contributed by atoms with Crippen LogP contribution < -0.4 is 0 Å². The number of rotatable bonds is 44. The molecule has 0 aliphatic carbocycles. The lowest BCUT2D eigenvalue weighted by atomic mass is 9.96. The third kappa shape index (κ3) is 35.4. The first-order valence-electron chi connectivity index (χ1n) is 37.0. The van der Waals surface area contributed by atoms with Crippen molar-refractivity contribution in [2.45, 2.75) is 130 Å². The molecule has 0 spiro atoms. The van der Waals surface area contributed by atoms with Crippen LogP contribution in [0.3, 0.4) is 0 Å². The van der Waals surface area contributed by atoms with Crippen molar-refractivity contribution in [2.75, 3.05) is 80.3 Å². The van der Waals surface area contributed by atoms with E-state index < -0.39 is 23.7 Å². The normalized spacial score (nSPS) is 11.1. The number of halogens is 3. The van der Waals surface area contributed by atoms with Crippen molar-refractivity contribution in [1.82, 2.24) is 0 Å². The maximum Gasteiger partial charge on any atom is 0.500 e. The van der Waals surface area contributed by atoms with Gasteiger partial charge in [0.25, 0.3) is 0 Å². The summed E-state index contributed by atoms with van der Waals surface area (Å²) in [4.78, 5) is 0. The summed E-state index contributed by atoms with van der Waals surface area (Å²) in [6, 6.07) is 67.6. The molecule has 0 atom stereocenters. The molecule has 0 aromatic heterocycles. The number of ether oxygens (including phenoxy) is 4. The van der Waals surface area contributed by atoms with Gasteiger partial charge in [0.15, 0.2) is 0 Å². The van der Waals surface area contributed by atoms with Gasteiger partial charge in [-0.3, -0.25) is 0 Å². The predicted octanol–water partition coefficient (Wildman–Crippen LogP) is 22.5. The van der Waals surface area contributed by atoms with Crippen molar-refractivity contribution < 1.29 is 50.6 Å². The van der Waals surface area contributed by atoms with Crippen LogP contribution in [0.25, 0.3) is 0 Å². The van der Waals surface area contributed by atoms with Crippen LogP contribution in [0.15, 0.2) is 257 Å². The SMILES string of the molecule is C=CCc1cccc(C(O)c2cccc(CC=C)c2)c1.C=CCc1cccc(C(OCCOC)c2cccc(CC=C)c2)c1.C=CCc1cccc(Cl)c1.CCO[Si](CCCc1cccc(C(OCCOC)c2cccc(CCC[Si](OCC)(OCC)OCC)c2)c1)(OCC)OCC.Clc1cccc(I)c1. The summed E-state index contributed by atoms with van der Waals surface area (Å²) in [5, 5.41) is 12.1. The lowest BCUT2D eigenvalue weighted by Crippen LogP contribution is -2.46. The fourth-order valence-corrected chi connectivity index (χ4v) is 18.2. The molecule has 0 bridgehead atoms. The second kappa shape index (κ2) is 55.2. The number of aliphatic hydroxyl groups is 1. The number of allylic oxidation sites excluding steroid dienone is 5. The molecule has 0 aliphatic heterocycles. The Kier molecular flexibility index (Phi) is 48.0. The number of aryl methyl sites for hydroxylation is 2. The minimum Gasteiger partial charge on any atom is -0.384 e. The second-order valence-corrected chi connectivity index (χ2v) is 32.1. The lowest BCUT2D eigenvalue weighted by Gasteiger charge is -2.28. The first-order valence-corrected chi connectivity index (χ1v) is 42.7. The van der Waals surface area contributed by atoms with E-state index in [2.05, 4.69) is 153 Å². The summed E-state index contributed by atoms with van der Waals surface area (Å²) < 4.78 is 60.6. The first kappa shape index (κ1) is 92.1. The minimum absolute atomic E-state index is 0.102. The molecule has 0 saturated heterocycles. The minimum atomic E-state index is -2.66. The van der Waals surface area contributed by atoms with Crippen LogP contribution in [0.2, 0.25) is 22.1 Å². The zero-order valence-corrected chi connectivity index (χ0v) is 69.8. The van der Waals surface area contributed by atoms with Crippen LogP contribution in [0.1, 0.15) is 145 Å². The summed E-state index contributed by atoms with van der Waals surface area (Å²) in [6.07, 6.45) is 16.5. The van der Waals surface area contributed by atoms with E-state index in [-0.39, 0.29) is 12.2 Å². The second-order valence-electron chi connectivity index (χ2n) is 24.6. The summed E-state index contributed by atoms with van der Waals surface area (Å²) in [6.45, 7) is 36.5. The quantitative estimate of drug-likeness (QED) is 0.0170. The summed E-state index contributed by atoms with van der Waals surface area (Å²) >= 11 is 13.6. The first-order chi connectivity index (χ1) is 51.6. The van der Waals surface area contributed by atoms with Gasteiger partial charge >= 0.3 is 17.6 Å². The number of hydrogen-bond acceptors (Lipinski definition) is 11. The maximum absolute atomic E-state index is 10.5. The average Bonchev–Trinajstić information content (AvgIpc) is 0.819. The molecule has 16 heteroatoms. The molecule has 0 aliphatic rings. The molecule has 0 saturated carbocycles. The number of aliphatic hydroxyl groups excluding tert-OH is 1. The van der Waals surface area contributed by atoms with Gasteiger partial charge < -0.3 is 50.6 Å². The molecule has 0 radical (unpaired) electrons. The number of methoxy groups -OCH3 is 2. The number of benzene rings is 8. The van der Waals surface area contributed by atoms with Gasteiger partial charge in [-0.2, -0.15) is 0 Å². The Bertz CT molecular complexity index is 3520. The topological polar surface area (TPSA) is 113 Å². The summed E-state index contributed by atoms with van der Waals surface area (Å²) in [7, 11) is -1.94. The van der Waals surface area contributed by atoms with Gasteiger partial charge in [-0.25, -0.2) is 0 Å². The van der Waals surface area contributed by atoms with Crippen LogP contribution in [-0.4, -0.2) is 103 Å². The largest absolute Gasteiger partial charge is 0.500 e. The van der Waals surface area contributed by atoms with Gasteiger partial charge in [-0.05, 0) is 225 Å². The van der Waals surface area contributed by atoms with Crippen LogP contribution in [0.5, 0.6) is 0 Å². The molecule has 0 heterocycles. The van der Waals surface area contributed by atoms with E-state index in [1.54, 1.807) is 14.2 Å². The average molecular weight is 1630 g/mol. The van der Waals surface area contributed by atoms with E-state index in [0.717, 1.165) is 113 Å². The third-order valence-corrected chi connectivity index (χ3v) is 23.8. The van der Waals surface area contributed by atoms with E-state index in [4.69, 9.17) is 68.7 Å². The van der Waals surface area contributed by atoms with Gasteiger partial charge in [-0.1, -0.05) is 217 Å².